The SMILES string of the molecule is CCNC(=O)CNC(=O)CSc1nnc(COc2ccccc2Cl)n1C. The Morgan fingerprint density at radius 1 is 1.23 bits per heavy atom. The Balaban J connectivity index is 1.82. The Kier molecular flexibility index (Phi) is 7.73. The molecule has 0 radical (unpaired) electrons. The first kappa shape index (κ1) is 20.1. The average molecular weight is 398 g/mol. The molecule has 2 rings (SSSR count). The zero-order valence-corrected chi connectivity index (χ0v) is 16.1. The summed E-state index contributed by atoms with van der Waals surface area (Å²) in [7, 11) is 1.79. The molecular formula is C16H20ClN5O3S. The lowest BCUT2D eigenvalue weighted by atomic mass is 10.3. The first-order chi connectivity index (χ1) is 12.5. The Morgan fingerprint density at radius 3 is 2.73 bits per heavy atom. The van der Waals surface area contributed by atoms with E-state index in [9.17, 15) is 9.59 Å². The maximum absolute atomic E-state index is 11.8. The number of para-hydroxylation sites is 1. The highest BCUT2D eigenvalue weighted by molar-refractivity contribution is 7.99. The Morgan fingerprint density at radius 2 is 2.00 bits per heavy atom. The molecule has 1 aromatic heterocycles. The molecule has 26 heavy (non-hydrogen) atoms. The summed E-state index contributed by atoms with van der Waals surface area (Å²) in [6.45, 7) is 2.51. The summed E-state index contributed by atoms with van der Waals surface area (Å²) in [6.07, 6.45) is 0. The number of nitrogens with one attached hydrogen (secondary N) is 2. The van der Waals surface area contributed by atoms with Crippen LogP contribution in [0.1, 0.15) is 12.7 Å². The van der Waals surface area contributed by atoms with Crippen LogP contribution in [-0.2, 0) is 23.2 Å². The molecule has 10 heteroatoms. The van der Waals surface area contributed by atoms with Crippen LogP contribution < -0.4 is 15.4 Å². The number of halogens is 1. The van der Waals surface area contributed by atoms with Gasteiger partial charge in [0.2, 0.25) is 11.8 Å². The maximum Gasteiger partial charge on any atom is 0.239 e. The van der Waals surface area contributed by atoms with Gasteiger partial charge in [-0.05, 0) is 19.1 Å². The number of amides is 2. The second-order valence-electron chi connectivity index (χ2n) is 5.20. The lowest BCUT2D eigenvalue weighted by molar-refractivity contribution is -0.124. The molecule has 0 saturated carbocycles. The van der Waals surface area contributed by atoms with Crippen molar-refractivity contribution < 1.29 is 14.3 Å². The summed E-state index contributed by atoms with van der Waals surface area (Å²) < 4.78 is 7.39. The second kappa shape index (κ2) is 10.0. The second-order valence-corrected chi connectivity index (χ2v) is 6.55. The van der Waals surface area contributed by atoms with E-state index in [1.807, 2.05) is 19.1 Å². The highest BCUT2D eigenvalue weighted by Crippen LogP contribution is 2.24. The highest BCUT2D eigenvalue weighted by atomic mass is 35.5. The standard InChI is InChI=1S/C16H20ClN5O3S/c1-3-18-14(23)8-19-15(24)10-26-16-21-20-13(22(16)2)9-25-12-7-5-4-6-11(12)17/h4-7H,3,8-10H2,1-2H3,(H,18,23)(H,19,24). The lowest BCUT2D eigenvalue weighted by Crippen LogP contribution is -2.37. The van der Waals surface area contributed by atoms with Crippen LogP contribution >= 0.6 is 23.4 Å². The number of rotatable bonds is 9. The van der Waals surface area contributed by atoms with Crippen molar-refractivity contribution in [3.05, 3.63) is 35.1 Å². The van der Waals surface area contributed by atoms with E-state index in [1.165, 1.54) is 11.8 Å². The largest absolute Gasteiger partial charge is 0.484 e. The molecule has 0 aliphatic carbocycles. The first-order valence-corrected chi connectivity index (χ1v) is 9.29. The molecule has 0 bridgehead atoms. The normalized spacial score (nSPS) is 10.4. The minimum absolute atomic E-state index is 0.0387. The molecule has 8 nitrogen and oxygen atoms in total. The van der Waals surface area contributed by atoms with Gasteiger partial charge in [0.05, 0.1) is 17.3 Å². The zero-order valence-electron chi connectivity index (χ0n) is 14.5. The van der Waals surface area contributed by atoms with Gasteiger partial charge in [0.1, 0.15) is 12.4 Å². The van der Waals surface area contributed by atoms with Crippen LogP contribution in [0.3, 0.4) is 0 Å². The van der Waals surface area contributed by atoms with Gasteiger partial charge in [0.15, 0.2) is 11.0 Å². The van der Waals surface area contributed by atoms with E-state index in [1.54, 1.807) is 23.7 Å². The maximum atomic E-state index is 11.8. The van der Waals surface area contributed by atoms with Gasteiger partial charge in [-0.25, -0.2) is 0 Å². The van der Waals surface area contributed by atoms with Crippen LogP contribution in [0.2, 0.25) is 5.02 Å². The number of nitrogens with zero attached hydrogens (tertiary/aromatic N) is 3. The van der Waals surface area contributed by atoms with Crippen LogP contribution in [0.4, 0.5) is 0 Å². The Labute approximate surface area is 160 Å². The smallest absolute Gasteiger partial charge is 0.239 e. The van der Waals surface area contributed by atoms with Crippen molar-refractivity contribution in [1.82, 2.24) is 25.4 Å². The summed E-state index contributed by atoms with van der Waals surface area (Å²) in [6, 6.07) is 7.17. The van der Waals surface area contributed by atoms with Gasteiger partial charge in [0.25, 0.3) is 0 Å². The van der Waals surface area contributed by atoms with E-state index in [2.05, 4.69) is 20.8 Å². The van der Waals surface area contributed by atoms with E-state index in [0.29, 0.717) is 28.3 Å². The molecular weight excluding hydrogens is 378 g/mol. The Bertz CT molecular complexity index is 768. The number of ether oxygens (including phenoxy) is 1. The fourth-order valence-electron chi connectivity index (χ4n) is 1.92. The van der Waals surface area contributed by atoms with Gasteiger partial charge in [0, 0.05) is 13.6 Å². The predicted octanol–water partition coefficient (Wildman–Crippen LogP) is 1.39. The topological polar surface area (TPSA) is 98.1 Å². The van der Waals surface area contributed by atoms with Crippen molar-refractivity contribution in [3.63, 3.8) is 0 Å². The summed E-state index contributed by atoms with van der Waals surface area (Å²) in [5.74, 6) is 0.837. The third-order valence-corrected chi connectivity index (χ3v) is 4.60. The molecule has 0 unspecified atom stereocenters. The molecule has 2 amide bonds. The van der Waals surface area contributed by atoms with Crippen LogP contribution in [0, 0.1) is 0 Å². The fraction of sp³-hybridized carbons (Fsp3) is 0.375. The molecule has 0 saturated heterocycles. The predicted molar refractivity (Wildman–Crippen MR) is 99.2 cm³/mol. The summed E-state index contributed by atoms with van der Waals surface area (Å²) in [5, 5.41) is 14.4. The molecule has 0 aliphatic rings. The van der Waals surface area contributed by atoms with Gasteiger partial charge in [-0.1, -0.05) is 35.5 Å². The number of benzene rings is 1. The third kappa shape index (κ3) is 5.92. The molecule has 140 valence electrons. The summed E-state index contributed by atoms with van der Waals surface area (Å²) in [4.78, 5) is 23.1. The van der Waals surface area contributed by atoms with Crippen LogP contribution in [-0.4, -0.2) is 45.4 Å². The quantitative estimate of drug-likeness (QED) is 0.620. The monoisotopic (exact) mass is 397 g/mol. The van der Waals surface area contributed by atoms with Crippen molar-refractivity contribution in [3.8, 4) is 5.75 Å². The Hall–Kier alpha value is -2.26. The van der Waals surface area contributed by atoms with Crippen LogP contribution in [0.25, 0.3) is 0 Å². The lowest BCUT2D eigenvalue weighted by Gasteiger charge is -2.08. The van der Waals surface area contributed by atoms with Gasteiger partial charge in [-0.2, -0.15) is 0 Å². The van der Waals surface area contributed by atoms with Gasteiger partial charge in [-0.15, -0.1) is 10.2 Å². The van der Waals surface area contributed by atoms with Gasteiger partial charge >= 0.3 is 0 Å². The van der Waals surface area contributed by atoms with Crippen LogP contribution in [0.5, 0.6) is 5.75 Å². The van der Waals surface area contributed by atoms with Crippen molar-refractivity contribution in [2.75, 3.05) is 18.8 Å². The number of thioether (sulfide) groups is 1. The molecule has 0 fully saturated rings. The van der Waals surface area contributed by atoms with E-state index >= 15 is 0 Å². The molecule has 2 aromatic rings. The molecule has 2 N–H and O–H groups in total. The highest BCUT2D eigenvalue weighted by Gasteiger charge is 2.13. The zero-order chi connectivity index (χ0) is 18.9. The number of carbonyl (C=O) groups is 2. The average Bonchev–Trinajstić information content (AvgIpc) is 2.98. The van der Waals surface area contributed by atoms with Crippen molar-refractivity contribution >= 4 is 35.2 Å². The van der Waals surface area contributed by atoms with E-state index in [-0.39, 0.29) is 30.7 Å². The van der Waals surface area contributed by atoms with Gasteiger partial charge < -0.3 is 19.9 Å². The van der Waals surface area contributed by atoms with E-state index < -0.39 is 0 Å². The van der Waals surface area contributed by atoms with Gasteiger partial charge in [-0.3, -0.25) is 9.59 Å². The summed E-state index contributed by atoms with van der Waals surface area (Å²) in [5.41, 5.74) is 0. The number of carbonyl (C=O) groups excluding carboxylic acids is 2. The molecule has 1 heterocycles. The molecule has 0 spiro atoms. The number of likely N-dealkylation sites (N-methyl/N-ethyl adjacent to an activating group) is 1. The number of aromatic nitrogens is 3. The molecule has 0 aliphatic heterocycles. The van der Waals surface area contributed by atoms with Crippen molar-refractivity contribution in [2.24, 2.45) is 7.05 Å². The summed E-state index contributed by atoms with van der Waals surface area (Å²) >= 11 is 7.28. The van der Waals surface area contributed by atoms with Crippen molar-refractivity contribution in [2.45, 2.75) is 18.7 Å². The minimum Gasteiger partial charge on any atom is -0.484 e. The van der Waals surface area contributed by atoms with Crippen LogP contribution in [0.15, 0.2) is 29.4 Å². The van der Waals surface area contributed by atoms with E-state index in [0.717, 1.165) is 0 Å². The van der Waals surface area contributed by atoms with Crippen molar-refractivity contribution in [1.29, 1.82) is 0 Å². The minimum atomic E-state index is -0.252. The third-order valence-electron chi connectivity index (χ3n) is 3.27. The number of hydrogen-bond acceptors (Lipinski definition) is 6. The fourth-order valence-corrected chi connectivity index (χ4v) is 2.87. The van der Waals surface area contributed by atoms with E-state index in [4.69, 9.17) is 16.3 Å². The number of hydrogen-bond donors (Lipinski definition) is 2. The first-order valence-electron chi connectivity index (χ1n) is 7.93. The molecule has 1 aromatic carbocycles. The molecule has 0 atom stereocenters.